The Morgan fingerprint density at radius 1 is 0.447 bits per heavy atom. The minimum Gasteiger partial charge on any atom is -0.508 e. The number of aliphatic carboxylic acids is 1. The number of rotatable bonds is 50. The Bertz CT molecular complexity index is 4640. The van der Waals surface area contributed by atoms with E-state index in [-0.39, 0.29) is 76.0 Å². The largest absolute Gasteiger partial charge is 0.508 e. The number of aromatic amines is 2. The van der Waals surface area contributed by atoms with Gasteiger partial charge in [-0.05, 0) is 123 Å². The lowest BCUT2D eigenvalue weighted by molar-refractivity contribution is -0.141. The van der Waals surface area contributed by atoms with Crippen LogP contribution in [0.25, 0.3) is 21.8 Å². The van der Waals surface area contributed by atoms with Gasteiger partial charge in [0.2, 0.25) is 88.6 Å². The van der Waals surface area contributed by atoms with Gasteiger partial charge < -0.3 is 112 Å². The number of carbonyl (C=O) groups is 16. The van der Waals surface area contributed by atoms with Gasteiger partial charge in [-0.1, -0.05) is 112 Å². The number of unbranched alkanes of at least 4 members (excludes halogenated alkanes) is 1. The molecule has 1 aliphatic carbocycles. The maximum absolute atomic E-state index is 15.4. The number of para-hydroxylation sites is 2. The minimum atomic E-state index is -1.86. The zero-order valence-corrected chi connectivity index (χ0v) is 71.0. The number of fused-ring (bicyclic) bond motifs is 2. The molecule has 24 N–H and O–H groups in total. The Morgan fingerprint density at radius 3 is 1.46 bits per heavy atom. The number of carboxylic acids is 1. The zero-order chi connectivity index (χ0) is 89.8. The molecule has 0 bridgehead atoms. The smallest absolute Gasteiger partial charge is 0.305 e. The van der Waals surface area contributed by atoms with Crippen molar-refractivity contribution in [1.82, 2.24) is 84.4 Å². The van der Waals surface area contributed by atoms with E-state index in [1.165, 1.54) is 38.1 Å². The van der Waals surface area contributed by atoms with E-state index >= 15 is 14.4 Å². The van der Waals surface area contributed by atoms with Crippen LogP contribution in [0.3, 0.4) is 0 Å². The lowest BCUT2D eigenvalue weighted by Gasteiger charge is -2.33. The molecule has 666 valence electrons. The Balaban J connectivity index is 1.11. The van der Waals surface area contributed by atoms with Gasteiger partial charge in [0.05, 0.1) is 13.0 Å². The fourth-order valence-electron chi connectivity index (χ4n) is 14.1. The van der Waals surface area contributed by atoms with E-state index in [0.717, 1.165) is 6.42 Å². The number of carboxylic acid groups (broad SMARTS) is 1. The van der Waals surface area contributed by atoms with E-state index in [1.807, 2.05) is 0 Å². The second kappa shape index (κ2) is 49.7. The van der Waals surface area contributed by atoms with Crippen molar-refractivity contribution in [3.63, 3.8) is 0 Å². The monoisotopic (exact) mass is 1740 g/mol. The van der Waals surface area contributed by atoms with Crippen LogP contribution >= 0.6 is 25.3 Å². The first kappa shape index (κ1) is 98.0. The van der Waals surface area contributed by atoms with Crippen LogP contribution in [0.5, 0.6) is 5.75 Å². The maximum atomic E-state index is 15.4. The van der Waals surface area contributed by atoms with Gasteiger partial charge in [-0.3, -0.25) is 76.7 Å². The molecule has 4 aromatic carbocycles. The molecular weight excluding hydrogens is 1630 g/mol. The Labute approximate surface area is 722 Å². The SMILES string of the molecule is CC(=O)N[C@@H](CS)C(=O)N[C@@H](C)C(=O)N[C@@H](CC(=O)O)C(=O)N[C@@H](Cc1c[nH]c2ccccc12)C(=O)N[C@H](C(=O)N[C@@H](CS)C(=O)N[C@@H](Cc1ccc(O)cc1)C(=O)N[C@@H](Cc1c[nH]c2ccccc12)C(=O)N[C@@H](CCCN)C(=O)N[C@H](C(=O)N[C@@H](Cc1ccccc1)C(=O)NCC(=O)NCCC(=O)N[C@H](CCCCN)C(N)=O)C1CCCCC1)C(C)C. The van der Waals surface area contributed by atoms with Gasteiger partial charge in [0, 0.05) is 91.3 Å². The third kappa shape index (κ3) is 31.4. The van der Waals surface area contributed by atoms with Crippen molar-refractivity contribution in [2.45, 2.75) is 203 Å². The number of H-pyrrole nitrogens is 2. The molecule has 12 atom stereocenters. The summed E-state index contributed by atoms with van der Waals surface area (Å²) in [6, 6.07) is 11.2. The molecule has 0 saturated heterocycles. The fraction of sp³-hybridized carbons (Fsp3) is 0.476. The summed E-state index contributed by atoms with van der Waals surface area (Å²) in [6.45, 7) is 5.25. The van der Waals surface area contributed by atoms with Crippen LogP contribution in [0.4, 0.5) is 0 Å². The molecule has 2 heterocycles. The molecule has 6 aromatic rings. The number of nitrogens with two attached hydrogens (primary N) is 3. The van der Waals surface area contributed by atoms with E-state index in [9.17, 15) is 72.5 Å². The van der Waals surface area contributed by atoms with Crippen LogP contribution in [0.15, 0.2) is 116 Å². The van der Waals surface area contributed by atoms with Crippen LogP contribution in [-0.4, -0.2) is 225 Å². The van der Waals surface area contributed by atoms with Gasteiger partial charge in [0.25, 0.3) is 0 Å². The zero-order valence-electron chi connectivity index (χ0n) is 69.2. The highest BCUT2D eigenvalue weighted by Crippen LogP contribution is 2.28. The first-order valence-corrected chi connectivity index (χ1v) is 42.3. The average molecular weight is 1740 g/mol. The summed E-state index contributed by atoms with van der Waals surface area (Å²) < 4.78 is 0. The molecule has 0 unspecified atom stereocenters. The molecular formula is C84H115N19O18S2. The number of aromatic nitrogens is 2. The fourth-order valence-corrected chi connectivity index (χ4v) is 14.6. The minimum absolute atomic E-state index is 0.0423. The van der Waals surface area contributed by atoms with Gasteiger partial charge in [0.15, 0.2) is 0 Å². The van der Waals surface area contributed by atoms with Crippen molar-refractivity contribution in [3.05, 3.63) is 138 Å². The Kier molecular flexibility index (Phi) is 39.6. The molecule has 39 heteroatoms. The van der Waals surface area contributed by atoms with Gasteiger partial charge in [0.1, 0.15) is 78.3 Å². The molecule has 37 nitrogen and oxygen atoms in total. The van der Waals surface area contributed by atoms with Crippen LogP contribution in [0.2, 0.25) is 0 Å². The van der Waals surface area contributed by atoms with Crippen LogP contribution in [0, 0.1) is 11.8 Å². The number of amides is 15. The first-order chi connectivity index (χ1) is 58.8. The number of aromatic hydroxyl groups is 1. The molecule has 1 saturated carbocycles. The van der Waals surface area contributed by atoms with Gasteiger partial charge >= 0.3 is 5.97 Å². The van der Waals surface area contributed by atoms with Crippen LogP contribution in [-0.2, 0) is 102 Å². The number of benzene rings is 4. The number of phenolic OH excluding ortho intramolecular Hbond substituents is 1. The van der Waals surface area contributed by atoms with Crippen molar-refractivity contribution in [2.75, 3.05) is 37.7 Å². The quantitative estimate of drug-likeness (QED) is 0.0161. The molecule has 123 heavy (non-hydrogen) atoms. The summed E-state index contributed by atoms with van der Waals surface area (Å²) in [5.41, 5.74) is 20.5. The van der Waals surface area contributed by atoms with Gasteiger partial charge in [-0.15, -0.1) is 0 Å². The predicted molar refractivity (Wildman–Crippen MR) is 463 cm³/mol. The molecule has 7 rings (SSSR count). The van der Waals surface area contributed by atoms with E-state index < -0.39 is 198 Å². The predicted octanol–water partition coefficient (Wildman–Crippen LogP) is -0.971. The van der Waals surface area contributed by atoms with E-state index in [4.69, 9.17) is 17.2 Å². The molecule has 1 fully saturated rings. The number of phenols is 1. The summed E-state index contributed by atoms with van der Waals surface area (Å²) in [5.74, 6) is -16.1. The number of thiol groups is 2. The topological polar surface area (TPSA) is 592 Å². The van der Waals surface area contributed by atoms with Crippen molar-refractivity contribution in [1.29, 1.82) is 0 Å². The normalized spacial score (nSPS) is 15.0. The molecule has 1 aliphatic rings. The molecule has 0 aliphatic heterocycles. The third-order valence-corrected chi connectivity index (χ3v) is 21.6. The number of hydrogen-bond donors (Lipinski definition) is 23. The molecule has 15 amide bonds. The lowest BCUT2D eigenvalue weighted by Crippen LogP contribution is -2.62. The number of carbonyl (C=O) groups excluding carboxylic acids is 15. The molecule has 2 aromatic heterocycles. The second-order valence-corrected chi connectivity index (χ2v) is 31.5. The summed E-state index contributed by atoms with van der Waals surface area (Å²) in [7, 11) is 0. The Hall–Kier alpha value is -12.1. The van der Waals surface area contributed by atoms with Crippen molar-refractivity contribution >= 4 is 142 Å². The highest BCUT2D eigenvalue weighted by Gasteiger charge is 2.40. The first-order valence-electron chi connectivity index (χ1n) is 41.0. The molecule has 0 spiro atoms. The van der Waals surface area contributed by atoms with Gasteiger partial charge in [-0.2, -0.15) is 25.3 Å². The standard InChI is InChI=1S/C84H115N19O18S2/c1-46(2)71(102-80(117)64(39-53-42-90-58-25-14-12-23-56(53)58)99-79(116)65(40-70(108)109)96-74(111)47(3)92-81(118)66(44-122)93-48(4)104)83(120)101-67(45-123)82(119)97-62(37-50-28-30-54(105)31-29-50)77(114)98-63(38-52-41-89-57-24-13-11-22-55(52)57)78(115)95-60(27-17-34-86)76(113)103-72(51-20-9-6-10-21-51)84(121)100-61(36-49-18-7-5-8-19-49)75(112)91-43-69(107)88-35-32-68(106)94-59(73(87)110)26-15-16-33-85/h5,7-8,11-14,18-19,22-25,28-31,41-42,46-47,51,59-67,71-72,89-90,105,122-123H,6,9-10,15-17,20-21,26-27,32-40,43-45,85-86H2,1-4H3,(H2,87,110)(H,88,107)(H,91,112)(H,92,118)(H,93,104)(H,94,106)(H,95,115)(H,96,111)(H,97,119)(H,98,114)(H,99,116)(H,100,121)(H,101,120)(H,102,117)(H,103,113)(H,108,109)/t47-,59+,60-,61-,62-,63-,64-,65-,66-,67-,71-,72-/m0/s1. The van der Waals surface area contributed by atoms with E-state index in [0.29, 0.717) is 89.1 Å². The summed E-state index contributed by atoms with van der Waals surface area (Å²) in [4.78, 5) is 228. The summed E-state index contributed by atoms with van der Waals surface area (Å²) in [6.07, 6.45) is 5.82. The van der Waals surface area contributed by atoms with Crippen molar-refractivity contribution in [2.24, 2.45) is 29.0 Å². The highest BCUT2D eigenvalue weighted by molar-refractivity contribution is 7.80. The maximum Gasteiger partial charge on any atom is 0.305 e. The van der Waals surface area contributed by atoms with Crippen LogP contribution < -0.4 is 91.6 Å². The number of nitrogens with one attached hydrogen (secondary N) is 16. The lowest BCUT2D eigenvalue weighted by atomic mass is 9.83. The summed E-state index contributed by atoms with van der Waals surface area (Å²) in [5, 5.41) is 58.2. The average Bonchev–Trinajstić information content (AvgIpc) is 1.71. The number of hydrogen-bond acceptors (Lipinski definition) is 21. The van der Waals surface area contributed by atoms with Crippen molar-refractivity contribution in [3.8, 4) is 5.75 Å². The molecule has 0 radical (unpaired) electrons. The summed E-state index contributed by atoms with van der Waals surface area (Å²) >= 11 is 8.52. The van der Waals surface area contributed by atoms with Crippen LogP contribution in [0.1, 0.15) is 127 Å². The third-order valence-electron chi connectivity index (χ3n) is 20.8. The number of primary amides is 1. The van der Waals surface area contributed by atoms with E-state index in [1.54, 1.807) is 105 Å². The second-order valence-electron chi connectivity index (χ2n) is 30.7. The van der Waals surface area contributed by atoms with Gasteiger partial charge in [-0.25, -0.2) is 0 Å². The van der Waals surface area contributed by atoms with Crippen molar-refractivity contribution < 1.29 is 86.9 Å². The Morgan fingerprint density at radius 2 is 0.911 bits per heavy atom. The van der Waals surface area contributed by atoms with E-state index in [2.05, 4.69) is 110 Å². The highest BCUT2D eigenvalue weighted by atomic mass is 32.1.